The zero-order chi connectivity index (χ0) is 17.2. The standard InChI is InChI=1S/C17H14N6OS/c1-2-13-15(25-22-21-13)16(24)19-12-6-4-11(5-7-12)14-10-23-9-3-8-18-17(23)20-14/h3-10H,2H2,1H3,(H,19,24). The Hall–Kier alpha value is -3.13. The normalized spacial score (nSPS) is 10.9. The smallest absolute Gasteiger partial charge is 0.269 e. The van der Waals surface area contributed by atoms with Crippen LogP contribution in [0.4, 0.5) is 5.69 Å². The van der Waals surface area contributed by atoms with Gasteiger partial charge in [0.05, 0.1) is 11.4 Å². The lowest BCUT2D eigenvalue weighted by molar-refractivity contribution is 0.102. The van der Waals surface area contributed by atoms with E-state index in [1.807, 2.05) is 54.0 Å². The van der Waals surface area contributed by atoms with Gasteiger partial charge < -0.3 is 5.32 Å². The number of amides is 1. The fourth-order valence-electron chi connectivity index (χ4n) is 2.49. The number of fused-ring (bicyclic) bond motifs is 1. The van der Waals surface area contributed by atoms with Crippen LogP contribution in [0.2, 0.25) is 0 Å². The molecule has 0 spiro atoms. The summed E-state index contributed by atoms with van der Waals surface area (Å²) >= 11 is 1.11. The molecule has 1 N–H and O–H groups in total. The molecule has 4 rings (SSSR count). The summed E-state index contributed by atoms with van der Waals surface area (Å²) in [5.41, 5.74) is 3.22. The highest BCUT2D eigenvalue weighted by Gasteiger charge is 2.15. The fraction of sp³-hybridized carbons (Fsp3) is 0.118. The third-order valence-electron chi connectivity index (χ3n) is 3.77. The van der Waals surface area contributed by atoms with Crippen molar-refractivity contribution >= 4 is 28.9 Å². The summed E-state index contributed by atoms with van der Waals surface area (Å²) in [5.74, 6) is 0.469. The van der Waals surface area contributed by atoms with Crippen molar-refractivity contribution in [3.8, 4) is 11.3 Å². The van der Waals surface area contributed by atoms with Gasteiger partial charge in [-0.3, -0.25) is 9.20 Å². The number of carbonyl (C=O) groups is 1. The zero-order valence-corrected chi connectivity index (χ0v) is 14.2. The molecule has 3 aromatic heterocycles. The molecule has 1 amide bonds. The molecule has 0 atom stereocenters. The van der Waals surface area contributed by atoms with Crippen molar-refractivity contribution in [2.24, 2.45) is 0 Å². The van der Waals surface area contributed by atoms with Gasteiger partial charge in [0.1, 0.15) is 4.88 Å². The first-order valence-corrected chi connectivity index (χ1v) is 8.54. The molecule has 4 aromatic rings. The Morgan fingerprint density at radius 2 is 2.12 bits per heavy atom. The second-order valence-corrected chi connectivity index (χ2v) is 6.14. The Morgan fingerprint density at radius 3 is 2.88 bits per heavy atom. The lowest BCUT2D eigenvalue weighted by Gasteiger charge is -2.05. The number of rotatable bonds is 4. The van der Waals surface area contributed by atoms with Crippen LogP contribution in [0, 0.1) is 0 Å². The number of imidazole rings is 1. The first-order chi connectivity index (χ1) is 12.2. The van der Waals surface area contributed by atoms with Crippen LogP contribution in [0.1, 0.15) is 22.3 Å². The molecule has 3 heterocycles. The molecule has 0 aliphatic heterocycles. The average molecular weight is 350 g/mol. The molecular formula is C17H14N6OS. The molecule has 0 radical (unpaired) electrons. The average Bonchev–Trinajstić information content (AvgIpc) is 3.28. The maximum Gasteiger partial charge on any atom is 0.269 e. The van der Waals surface area contributed by atoms with Crippen molar-refractivity contribution in [1.82, 2.24) is 24.0 Å². The Bertz CT molecular complexity index is 1000. The topological polar surface area (TPSA) is 85.1 Å². The van der Waals surface area contributed by atoms with Gasteiger partial charge in [0, 0.05) is 29.8 Å². The highest BCUT2D eigenvalue weighted by Crippen LogP contribution is 2.21. The molecule has 0 unspecified atom stereocenters. The van der Waals surface area contributed by atoms with Gasteiger partial charge in [-0.2, -0.15) is 0 Å². The second-order valence-electron chi connectivity index (χ2n) is 5.39. The van der Waals surface area contributed by atoms with E-state index in [0.29, 0.717) is 22.8 Å². The van der Waals surface area contributed by atoms with Gasteiger partial charge in [0.25, 0.3) is 5.91 Å². The van der Waals surface area contributed by atoms with Crippen molar-refractivity contribution in [3.05, 3.63) is 59.5 Å². The summed E-state index contributed by atoms with van der Waals surface area (Å²) in [6.45, 7) is 1.95. The van der Waals surface area contributed by atoms with Crippen molar-refractivity contribution in [2.45, 2.75) is 13.3 Å². The lowest BCUT2D eigenvalue weighted by atomic mass is 10.1. The molecule has 0 aliphatic carbocycles. The molecule has 0 aliphatic rings. The van der Waals surface area contributed by atoms with Crippen LogP contribution < -0.4 is 5.32 Å². The van der Waals surface area contributed by atoms with Crippen LogP contribution in [0.15, 0.2) is 48.9 Å². The maximum absolute atomic E-state index is 12.3. The molecule has 0 saturated heterocycles. The lowest BCUT2D eigenvalue weighted by Crippen LogP contribution is -2.12. The third-order valence-corrected chi connectivity index (χ3v) is 4.54. The van der Waals surface area contributed by atoms with Crippen molar-refractivity contribution in [3.63, 3.8) is 0 Å². The predicted molar refractivity (Wildman–Crippen MR) is 95.7 cm³/mol. The summed E-state index contributed by atoms with van der Waals surface area (Å²) in [6, 6.07) is 9.40. The van der Waals surface area contributed by atoms with Gasteiger partial charge in [-0.1, -0.05) is 23.5 Å². The number of anilines is 1. The van der Waals surface area contributed by atoms with Crippen LogP contribution in [0.3, 0.4) is 0 Å². The highest BCUT2D eigenvalue weighted by atomic mass is 32.1. The Balaban J connectivity index is 1.54. The van der Waals surface area contributed by atoms with Crippen LogP contribution in [-0.2, 0) is 6.42 Å². The maximum atomic E-state index is 12.3. The van der Waals surface area contributed by atoms with Crippen LogP contribution >= 0.6 is 11.5 Å². The van der Waals surface area contributed by atoms with E-state index < -0.39 is 0 Å². The van der Waals surface area contributed by atoms with Crippen LogP contribution in [0.25, 0.3) is 17.0 Å². The number of nitrogens with zero attached hydrogens (tertiary/aromatic N) is 5. The van der Waals surface area contributed by atoms with Crippen molar-refractivity contribution < 1.29 is 4.79 Å². The summed E-state index contributed by atoms with van der Waals surface area (Å²) < 4.78 is 5.71. The van der Waals surface area contributed by atoms with Gasteiger partial charge in [0.15, 0.2) is 0 Å². The predicted octanol–water partition coefficient (Wildman–Crippen LogP) is 3.06. The molecule has 124 valence electrons. The van der Waals surface area contributed by atoms with Crippen molar-refractivity contribution in [1.29, 1.82) is 0 Å². The summed E-state index contributed by atoms with van der Waals surface area (Å²) in [7, 11) is 0. The molecule has 0 saturated carbocycles. The van der Waals surface area contributed by atoms with Crippen LogP contribution in [-0.4, -0.2) is 29.9 Å². The second kappa shape index (κ2) is 6.40. The summed E-state index contributed by atoms with van der Waals surface area (Å²) in [5, 5.41) is 6.84. The molecule has 0 bridgehead atoms. The van der Waals surface area contributed by atoms with Gasteiger partial charge in [-0.25, -0.2) is 9.97 Å². The SMILES string of the molecule is CCc1nnsc1C(=O)Nc1ccc(-c2cn3cccnc3n2)cc1. The van der Waals surface area contributed by atoms with Crippen LogP contribution in [0.5, 0.6) is 0 Å². The number of aryl methyl sites for hydroxylation is 1. The van der Waals surface area contributed by atoms with Gasteiger partial charge in [-0.05, 0) is 36.2 Å². The van der Waals surface area contributed by atoms with E-state index >= 15 is 0 Å². The molecular weight excluding hydrogens is 336 g/mol. The van der Waals surface area contributed by atoms with Gasteiger partial charge >= 0.3 is 0 Å². The monoisotopic (exact) mass is 350 g/mol. The summed E-state index contributed by atoms with van der Waals surface area (Å²) in [4.78, 5) is 21.6. The minimum Gasteiger partial charge on any atom is -0.321 e. The molecule has 7 nitrogen and oxygen atoms in total. The van der Waals surface area contributed by atoms with E-state index in [1.165, 1.54) is 0 Å². The van der Waals surface area contributed by atoms with E-state index in [4.69, 9.17) is 0 Å². The molecule has 1 aromatic carbocycles. The minimum absolute atomic E-state index is 0.184. The van der Waals surface area contributed by atoms with Gasteiger partial charge in [-0.15, -0.1) is 5.10 Å². The minimum atomic E-state index is -0.184. The Labute approximate surface area is 147 Å². The Morgan fingerprint density at radius 1 is 1.28 bits per heavy atom. The number of benzene rings is 1. The fourth-order valence-corrected chi connectivity index (χ4v) is 3.14. The summed E-state index contributed by atoms with van der Waals surface area (Å²) in [6.07, 6.45) is 6.22. The first kappa shape index (κ1) is 15.4. The zero-order valence-electron chi connectivity index (χ0n) is 13.4. The number of carbonyl (C=O) groups excluding carboxylic acids is 1. The van der Waals surface area contributed by atoms with E-state index in [1.54, 1.807) is 6.20 Å². The van der Waals surface area contributed by atoms with Crippen molar-refractivity contribution in [2.75, 3.05) is 5.32 Å². The first-order valence-electron chi connectivity index (χ1n) is 7.77. The quantitative estimate of drug-likeness (QED) is 0.611. The number of hydrogen-bond donors (Lipinski definition) is 1. The molecule has 8 heteroatoms. The van der Waals surface area contributed by atoms with E-state index in [-0.39, 0.29) is 5.91 Å². The number of hydrogen-bond acceptors (Lipinski definition) is 6. The number of nitrogens with one attached hydrogen (secondary N) is 1. The van der Waals surface area contributed by atoms with E-state index in [2.05, 4.69) is 24.9 Å². The number of aromatic nitrogens is 5. The Kier molecular flexibility index (Phi) is 3.95. The molecule has 25 heavy (non-hydrogen) atoms. The van der Waals surface area contributed by atoms with Gasteiger partial charge in [0.2, 0.25) is 5.78 Å². The highest BCUT2D eigenvalue weighted by molar-refractivity contribution is 7.08. The third kappa shape index (κ3) is 2.99. The van der Waals surface area contributed by atoms with E-state index in [0.717, 1.165) is 28.5 Å². The largest absolute Gasteiger partial charge is 0.321 e. The van der Waals surface area contributed by atoms with E-state index in [9.17, 15) is 4.79 Å². The molecule has 0 fully saturated rings.